The summed E-state index contributed by atoms with van der Waals surface area (Å²) in [6.07, 6.45) is 2.03. The van der Waals surface area contributed by atoms with Crippen LogP contribution in [0, 0.1) is 12.8 Å². The minimum atomic E-state index is 0.652. The lowest BCUT2D eigenvalue weighted by Gasteiger charge is -2.05. The molecule has 0 radical (unpaired) electrons. The standard InChI is InChI=1S/C18H26N2S/c1-5-19-12-17-16(10-13(2)3)20-18(21-17)11-15-9-7-6-8-14(15)4/h6-9,13,19H,5,10-12H2,1-4H3. The topological polar surface area (TPSA) is 24.9 Å². The van der Waals surface area contributed by atoms with Gasteiger partial charge in [0.1, 0.15) is 0 Å². The Kier molecular flexibility index (Phi) is 5.95. The molecule has 0 amide bonds. The first-order valence-corrected chi connectivity index (χ1v) is 8.64. The molecule has 0 aliphatic rings. The van der Waals surface area contributed by atoms with Gasteiger partial charge in [-0.3, -0.25) is 0 Å². The van der Waals surface area contributed by atoms with Crippen molar-refractivity contribution in [2.24, 2.45) is 5.92 Å². The van der Waals surface area contributed by atoms with Crippen molar-refractivity contribution in [3.05, 3.63) is 51.0 Å². The van der Waals surface area contributed by atoms with Gasteiger partial charge in [-0.15, -0.1) is 11.3 Å². The van der Waals surface area contributed by atoms with Gasteiger partial charge in [0.15, 0.2) is 0 Å². The van der Waals surface area contributed by atoms with Crippen molar-refractivity contribution in [2.75, 3.05) is 6.54 Å². The van der Waals surface area contributed by atoms with Crippen molar-refractivity contribution >= 4 is 11.3 Å². The van der Waals surface area contributed by atoms with Gasteiger partial charge in [0.25, 0.3) is 0 Å². The molecule has 0 unspecified atom stereocenters. The number of hydrogen-bond donors (Lipinski definition) is 1. The highest BCUT2D eigenvalue weighted by Gasteiger charge is 2.13. The van der Waals surface area contributed by atoms with Crippen LogP contribution >= 0.6 is 11.3 Å². The van der Waals surface area contributed by atoms with E-state index in [9.17, 15) is 0 Å². The van der Waals surface area contributed by atoms with E-state index in [4.69, 9.17) is 4.98 Å². The van der Waals surface area contributed by atoms with Crippen LogP contribution in [-0.4, -0.2) is 11.5 Å². The third kappa shape index (κ3) is 4.65. The average Bonchev–Trinajstić information content (AvgIpc) is 2.80. The van der Waals surface area contributed by atoms with Crippen molar-refractivity contribution in [1.82, 2.24) is 10.3 Å². The zero-order valence-corrected chi connectivity index (χ0v) is 14.4. The molecule has 2 rings (SSSR count). The van der Waals surface area contributed by atoms with Gasteiger partial charge in [0, 0.05) is 17.8 Å². The molecule has 0 fully saturated rings. The van der Waals surface area contributed by atoms with E-state index in [-0.39, 0.29) is 0 Å². The van der Waals surface area contributed by atoms with Gasteiger partial charge < -0.3 is 5.32 Å². The molecule has 0 saturated carbocycles. The highest BCUT2D eigenvalue weighted by atomic mass is 32.1. The van der Waals surface area contributed by atoms with Gasteiger partial charge in [0.05, 0.1) is 10.7 Å². The van der Waals surface area contributed by atoms with Crippen LogP contribution in [0.15, 0.2) is 24.3 Å². The first-order valence-electron chi connectivity index (χ1n) is 7.82. The normalized spacial score (nSPS) is 11.3. The number of hydrogen-bond acceptors (Lipinski definition) is 3. The second-order valence-corrected chi connectivity index (χ2v) is 7.13. The molecule has 3 heteroatoms. The molecule has 0 aliphatic carbocycles. The third-order valence-electron chi connectivity index (χ3n) is 3.56. The maximum absolute atomic E-state index is 4.92. The van der Waals surface area contributed by atoms with Gasteiger partial charge >= 0.3 is 0 Å². The predicted octanol–water partition coefficient (Wildman–Crippen LogP) is 4.35. The van der Waals surface area contributed by atoms with Crippen LogP contribution in [-0.2, 0) is 19.4 Å². The molecule has 0 saturated heterocycles. The molecule has 2 aromatic rings. The van der Waals surface area contributed by atoms with Crippen LogP contribution in [0.3, 0.4) is 0 Å². The first kappa shape index (κ1) is 16.2. The molecule has 21 heavy (non-hydrogen) atoms. The number of rotatable bonds is 7. The summed E-state index contributed by atoms with van der Waals surface area (Å²) >= 11 is 1.87. The zero-order valence-electron chi connectivity index (χ0n) is 13.6. The fourth-order valence-corrected chi connectivity index (χ4v) is 3.50. The molecule has 0 spiro atoms. The molecule has 2 nitrogen and oxygen atoms in total. The summed E-state index contributed by atoms with van der Waals surface area (Å²) in [4.78, 5) is 6.33. The van der Waals surface area contributed by atoms with Crippen LogP contribution in [0.2, 0.25) is 0 Å². The summed E-state index contributed by atoms with van der Waals surface area (Å²) in [5, 5.41) is 4.68. The smallest absolute Gasteiger partial charge is 0.0975 e. The van der Waals surface area contributed by atoms with Gasteiger partial charge in [-0.05, 0) is 36.9 Å². The molecule has 1 aromatic heterocycles. The monoisotopic (exact) mass is 302 g/mol. The quantitative estimate of drug-likeness (QED) is 0.822. The Hall–Kier alpha value is -1.19. The Morgan fingerprint density at radius 1 is 1.24 bits per heavy atom. The summed E-state index contributed by atoms with van der Waals surface area (Å²) in [5.74, 6) is 0.652. The minimum absolute atomic E-state index is 0.652. The molecular formula is C18H26N2S. The Morgan fingerprint density at radius 2 is 2.00 bits per heavy atom. The van der Waals surface area contributed by atoms with E-state index in [1.807, 2.05) is 11.3 Å². The van der Waals surface area contributed by atoms with Crippen molar-refractivity contribution in [2.45, 2.75) is 47.1 Å². The molecule has 0 bridgehead atoms. The van der Waals surface area contributed by atoms with Gasteiger partial charge in [-0.1, -0.05) is 45.0 Å². The van der Waals surface area contributed by atoms with Crippen molar-refractivity contribution in [1.29, 1.82) is 0 Å². The maximum Gasteiger partial charge on any atom is 0.0975 e. The van der Waals surface area contributed by atoms with Crippen molar-refractivity contribution < 1.29 is 0 Å². The average molecular weight is 302 g/mol. The Labute approximate surface area is 132 Å². The summed E-state index contributed by atoms with van der Waals surface area (Å²) in [6, 6.07) is 8.60. The summed E-state index contributed by atoms with van der Waals surface area (Å²) in [7, 11) is 0. The van der Waals surface area contributed by atoms with Crippen LogP contribution in [0.25, 0.3) is 0 Å². The second-order valence-electron chi connectivity index (χ2n) is 5.96. The van der Waals surface area contributed by atoms with E-state index < -0.39 is 0 Å². The second kappa shape index (κ2) is 7.71. The van der Waals surface area contributed by atoms with E-state index in [0.29, 0.717) is 5.92 Å². The van der Waals surface area contributed by atoms with E-state index in [1.165, 1.54) is 26.7 Å². The lowest BCUT2D eigenvalue weighted by Crippen LogP contribution is -2.12. The summed E-state index contributed by atoms with van der Waals surface area (Å²) in [5.41, 5.74) is 4.03. The third-order valence-corrected chi connectivity index (χ3v) is 4.66. The Balaban J connectivity index is 2.19. The molecule has 0 atom stereocenters. The van der Waals surface area contributed by atoms with E-state index in [0.717, 1.165) is 25.9 Å². The fraction of sp³-hybridized carbons (Fsp3) is 0.500. The van der Waals surface area contributed by atoms with Gasteiger partial charge in [0.2, 0.25) is 0 Å². The fourth-order valence-electron chi connectivity index (χ4n) is 2.41. The Morgan fingerprint density at radius 3 is 2.67 bits per heavy atom. The minimum Gasteiger partial charge on any atom is -0.312 e. The number of nitrogens with one attached hydrogen (secondary N) is 1. The predicted molar refractivity (Wildman–Crippen MR) is 92.0 cm³/mol. The lowest BCUT2D eigenvalue weighted by atomic mass is 10.1. The van der Waals surface area contributed by atoms with Crippen LogP contribution in [0.1, 0.15) is 47.5 Å². The largest absolute Gasteiger partial charge is 0.312 e. The van der Waals surface area contributed by atoms with Crippen LogP contribution < -0.4 is 5.32 Å². The van der Waals surface area contributed by atoms with E-state index in [2.05, 4.69) is 57.3 Å². The SMILES string of the molecule is CCNCc1sc(Cc2ccccc2C)nc1CC(C)C. The maximum atomic E-state index is 4.92. The summed E-state index contributed by atoms with van der Waals surface area (Å²) in [6.45, 7) is 10.8. The molecule has 1 heterocycles. The number of nitrogens with zero attached hydrogens (tertiary/aromatic N) is 1. The molecular weight excluding hydrogens is 276 g/mol. The molecule has 1 N–H and O–H groups in total. The van der Waals surface area contributed by atoms with Crippen molar-refractivity contribution in [3.8, 4) is 0 Å². The first-order chi connectivity index (χ1) is 10.1. The van der Waals surface area contributed by atoms with Crippen LogP contribution in [0.4, 0.5) is 0 Å². The van der Waals surface area contributed by atoms with Gasteiger partial charge in [-0.25, -0.2) is 4.98 Å². The highest BCUT2D eigenvalue weighted by molar-refractivity contribution is 7.11. The number of aromatic nitrogens is 1. The van der Waals surface area contributed by atoms with E-state index in [1.54, 1.807) is 0 Å². The number of aryl methyl sites for hydroxylation is 1. The van der Waals surface area contributed by atoms with Gasteiger partial charge in [-0.2, -0.15) is 0 Å². The molecule has 0 aliphatic heterocycles. The Bertz CT molecular complexity index is 572. The highest BCUT2D eigenvalue weighted by Crippen LogP contribution is 2.24. The molecule has 114 valence electrons. The van der Waals surface area contributed by atoms with E-state index >= 15 is 0 Å². The number of benzene rings is 1. The zero-order chi connectivity index (χ0) is 15.2. The lowest BCUT2D eigenvalue weighted by molar-refractivity contribution is 0.626. The number of thiazole rings is 1. The molecule has 1 aromatic carbocycles. The van der Waals surface area contributed by atoms with Crippen molar-refractivity contribution in [3.63, 3.8) is 0 Å². The van der Waals surface area contributed by atoms with Crippen LogP contribution in [0.5, 0.6) is 0 Å². The summed E-state index contributed by atoms with van der Waals surface area (Å²) < 4.78 is 0.